The van der Waals surface area contributed by atoms with Crippen LogP contribution in [0.5, 0.6) is 0 Å². The molecule has 0 fully saturated rings. The van der Waals surface area contributed by atoms with Crippen LogP contribution in [0.25, 0.3) is 15.9 Å². The Bertz CT molecular complexity index is 885. The number of likely N-dealkylation sites (N-methyl/N-ethyl adjacent to an activating group) is 1. The predicted octanol–water partition coefficient (Wildman–Crippen LogP) is 3.25. The van der Waals surface area contributed by atoms with Gasteiger partial charge < -0.3 is 9.64 Å². The van der Waals surface area contributed by atoms with Crippen LogP contribution in [-0.4, -0.2) is 47.9 Å². The predicted molar refractivity (Wildman–Crippen MR) is 92.5 cm³/mol. The van der Waals surface area contributed by atoms with Gasteiger partial charge in [0.05, 0.1) is 11.4 Å². The SMILES string of the molecule is Cc1nn(-c2cccc(F)c2)c2sc(C(=O)OCCN(C)C)cc12. The van der Waals surface area contributed by atoms with Crippen molar-refractivity contribution < 1.29 is 13.9 Å². The van der Waals surface area contributed by atoms with E-state index in [1.54, 1.807) is 22.9 Å². The second-order valence-corrected chi connectivity index (χ2v) is 6.78. The molecule has 126 valence electrons. The molecule has 0 saturated heterocycles. The van der Waals surface area contributed by atoms with Crippen LogP contribution < -0.4 is 0 Å². The number of benzene rings is 1. The summed E-state index contributed by atoms with van der Waals surface area (Å²) in [6, 6.07) is 8.01. The molecule has 0 N–H and O–H groups in total. The van der Waals surface area contributed by atoms with Crippen molar-refractivity contribution in [3.8, 4) is 5.69 Å². The molecule has 3 rings (SSSR count). The van der Waals surface area contributed by atoms with Crippen LogP contribution in [0.2, 0.25) is 0 Å². The minimum Gasteiger partial charge on any atom is -0.460 e. The number of hydrogen-bond acceptors (Lipinski definition) is 5. The van der Waals surface area contributed by atoms with Gasteiger partial charge in [-0.2, -0.15) is 5.10 Å². The summed E-state index contributed by atoms with van der Waals surface area (Å²) in [6.07, 6.45) is 0. The smallest absolute Gasteiger partial charge is 0.348 e. The zero-order chi connectivity index (χ0) is 17.3. The van der Waals surface area contributed by atoms with E-state index < -0.39 is 0 Å². The van der Waals surface area contributed by atoms with Gasteiger partial charge in [-0.15, -0.1) is 11.3 Å². The fourth-order valence-electron chi connectivity index (χ4n) is 2.32. The van der Waals surface area contributed by atoms with Gasteiger partial charge in [0.2, 0.25) is 0 Å². The molecule has 0 aliphatic carbocycles. The molecule has 0 radical (unpaired) electrons. The Morgan fingerprint density at radius 3 is 2.88 bits per heavy atom. The van der Waals surface area contributed by atoms with Crippen LogP contribution in [0.15, 0.2) is 30.3 Å². The van der Waals surface area contributed by atoms with Crippen LogP contribution in [0.1, 0.15) is 15.4 Å². The summed E-state index contributed by atoms with van der Waals surface area (Å²) in [7, 11) is 3.84. The molecule has 0 aliphatic heterocycles. The third kappa shape index (κ3) is 3.32. The molecule has 24 heavy (non-hydrogen) atoms. The van der Waals surface area contributed by atoms with Gasteiger partial charge in [-0.3, -0.25) is 0 Å². The Kier molecular flexibility index (Phi) is 4.64. The highest BCUT2D eigenvalue weighted by Gasteiger charge is 2.18. The molecule has 2 heterocycles. The fraction of sp³-hybridized carbons (Fsp3) is 0.294. The summed E-state index contributed by atoms with van der Waals surface area (Å²) >= 11 is 1.30. The van der Waals surface area contributed by atoms with Gasteiger partial charge in [0.1, 0.15) is 22.1 Å². The van der Waals surface area contributed by atoms with Gasteiger partial charge in [0, 0.05) is 11.9 Å². The molecule has 1 aromatic carbocycles. The highest BCUT2D eigenvalue weighted by Crippen LogP contribution is 2.30. The van der Waals surface area contributed by atoms with E-state index in [1.807, 2.05) is 25.9 Å². The number of aromatic nitrogens is 2. The number of nitrogens with zero attached hydrogens (tertiary/aromatic N) is 3. The largest absolute Gasteiger partial charge is 0.460 e. The normalized spacial score (nSPS) is 11.4. The summed E-state index contributed by atoms with van der Waals surface area (Å²) < 4.78 is 20.4. The Labute approximate surface area is 143 Å². The van der Waals surface area contributed by atoms with E-state index in [0.29, 0.717) is 23.7 Å². The number of ether oxygens (including phenoxy) is 1. The summed E-state index contributed by atoms with van der Waals surface area (Å²) in [5.74, 6) is -0.670. The number of halogens is 1. The van der Waals surface area contributed by atoms with Crippen molar-refractivity contribution in [2.45, 2.75) is 6.92 Å². The monoisotopic (exact) mass is 347 g/mol. The molecule has 0 saturated carbocycles. The zero-order valence-corrected chi connectivity index (χ0v) is 14.6. The maximum absolute atomic E-state index is 13.5. The van der Waals surface area contributed by atoms with E-state index in [4.69, 9.17) is 4.74 Å². The Balaban J connectivity index is 1.91. The van der Waals surface area contributed by atoms with Crippen LogP contribution >= 0.6 is 11.3 Å². The number of carbonyl (C=O) groups is 1. The molecule has 0 unspecified atom stereocenters. The lowest BCUT2D eigenvalue weighted by Gasteiger charge is -2.09. The molecule has 7 heteroatoms. The topological polar surface area (TPSA) is 47.4 Å². The van der Waals surface area contributed by atoms with Crippen molar-refractivity contribution in [3.05, 3.63) is 46.7 Å². The molecule has 3 aromatic rings. The number of fused-ring (bicyclic) bond motifs is 1. The number of hydrogen-bond donors (Lipinski definition) is 0. The average Bonchev–Trinajstić information content (AvgIpc) is 3.08. The number of carbonyl (C=O) groups excluding carboxylic acids is 1. The summed E-state index contributed by atoms with van der Waals surface area (Å²) in [6.45, 7) is 2.88. The zero-order valence-electron chi connectivity index (χ0n) is 13.7. The van der Waals surface area contributed by atoms with Crippen molar-refractivity contribution in [1.82, 2.24) is 14.7 Å². The summed E-state index contributed by atoms with van der Waals surface area (Å²) in [5, 5.41) is 5.33. The highest BCUT2D eigenvalue weighted by atomic mass is 32.1. The second-order valence-electron chi connectivity index (χ2n) is 5.75. The molecule has 0 aliphatic rings. The number of esters is 1. The van der Waals surface area contributed by atoms with Gasteiger partial charge in [0.15, 0.2) is 0 Å². The van der Waals surface area contributed by atoms with Gasteiger partial charge in [0.25, 0.3) is 0 Å². The molecule has 0 bridgehead atoms. The quantitative estimate of drug-likeness (QED) is 0.665. The van der Waals surface area contributed by atoms with Crippen molar-refractivity contribution in [1.29, 1.82) is 0 Å². The molecular weight excluding hydrogens is 329 g/mol. The van der Waals surface area contributed by atoms with E-state index in [1.165, 1.54) is 23.5 Å². The van der Waals surface area contributed by atoms with Crippen molar-refractivity contribution in [2.24, 2.45) is 0 Å². The van der Waals surface area contributed by atoms with Crippen LogP contribution in [0.4, 0.5) is 4.39 Å². The first-order chi connectivity index (χ1) is 11.5. The number of aryl methyl sites for hydroxylation is 1. The molecule has 0 amide bonds. The standard InChI is InChI=1S/C17H18FN3O2S/c1-11-14-10-15(17(22)23-8-7-20(2)3)24-16(14)21(19-11)13-6-4-5-12(18)9-13/h4-6,9-10H,7-8H2,1-3H3. The lowest BCUT2D eigenvalue weighted by Crippen LogP contribution is -2.19. The second kappa shape index (κ2) is 6.70. The van der Waals surface area contributed by atoms with E-state index in [2.05, 4.69) is 5.10 Å². The van der Waals surface area contributed by atoms with E-state index in [9.17, 15) is 9.18 Å². The average molecular weight is 347 g/mol. The first-order valence-corrected chi connectivity index (χ1v) is 8.34. The molecular formula is C17H18FN3O2S. The third-order valence-electron chi connectivity index (χ3n) is 3.57. The molecule has 0 atom stereocenters. The lowest BCUT2D eigenvalue weighted by molar-refractivity contribution is 0.0487. The minimum atomic E-state index is -0.344. The van der Waals surface area contributed by atoms with E-state index in [0.717, 1.165) is 15.9 Å². The van der Waals surface area contributed by atoms with Gasteiger partial charge in [-0.05, 0) is 45.3 Å². The molecule has 5 nitrogen and oxygen atoms in total. The van der Waals surface area contributed by atoms with E-state index >= 15 is 0 Å². The van der Waals surface area contributed by atoms with Gasteiger partial charge >= 0.3 is 5.97 Å². The number of rotatable bonds is 5. The maximum atomic E-state index is 13.5. The Morgan fingerprint density at radius 1 is 1.38 bits per heavy atom. The van der Waals surface area contributed by atoms with Crippen LogP contribution in [0, 0.1) is 12.7 Å². The molecule has 0 spiro atoms. The maximum Gasteiger partial charge on any atom is 0.348 e. The first-order valence-electron chi connectivity index (χ1n) is 7.52. The fourth-order valence-corrected chi connectivity index (χ4v) is 3.40. The summed E-state index contributed by atoms with van der Waals surface area (Å²) in [4.78, 5) is 15.5. The van der Waals surface area contributed by atoms with Crippen LogP contribution in [-0.2, 0) is 4.74 Å². The Morgan fingerprint density at radius 2 is 2.17 bits per heavy atom. The Hall–Kier alpha value is -2.25. The van der Waals surface area contributed by atoms with Crippen LogP contribution in [0.3, 0.4) is 0 Å². The summed E-state index contributed by atoms with van der Waals surface area (Å²) in [5.41, 5.74) is 1.42. The van der Waals surface area contributed by atoms with Gasteiger partial charge in [-0.25, -0.2) is 13.9 Å². The van der Waals surface area contributed by atoms with E-state index in [-0.39, 0.29) is 11.8 Å². The number of thiophene rings is 1. The van der Waals surface area contributed by atoms with Crippen molar-refractivity contribution in [3.63, 3.8) is 0 Å². The van der Waals surface area contributed by atoms with Gasteiger partial charge in [-0.1, -0.05) is 6.07 Å². The lowest BCUT2D eigenvalue weighted by atomic mass is 10.3. The van der Waals surface area contributed by atoms with Crippen molar-refractivity contribution in [2.75, 3.05) is 27.2 Å². The minimum absolute atomic E-state index is 0.325. The third-order valence-corrected chi connectivity index (χ3v) is 4.66. The van der Waals surface area contributed by atoms with Crippen molar-refractivity contribution >= 4 is 27.5 Å². The highest BCUT2D eigenvalue weighted by molar-refractivity contribution is 7.20. The first kappa shape index (κ1) is 16.6. The molecule has 2 aromatic heterocycles.